The third-order valence-corrected chi connectivity index (χ3v) is 4.73. The predicted octanol–water partition coefficient (Wildman–Crippen LogP) is 1.22. The molecule has 0 saturated carbocycles. The molecule has 0 radical (unpaired) electrons. The fourth-order valence-electron chi connectivity index (χ4n) is 3.32. The molecule has 9 nitrogen and oxygen atoms in total. The normalized spacial score (nSPS) is 14.8. The van der Waals surface area contributed by atoms with Gasteiger partial charge in [-0.15, -0.1) is 0 Å². The van der Waals surface area contributed by atoms with Gasteiger partial charge in [0.15, 0.2) is 0 Å². The monoisotopic (exact) mass is 361 g/mol. The van der Waals surface area contributed by atoms with Crippen molar-refractivity contribution in [1.82, 2.24) is 40.2 Å². The van der Waals surface area contributed by atoms with Crippen molar-refractivity contribution in [3.8, 4) is 22.6 Å². The van der Waals surface area contributed by atoms with Crippen LogP contribution in [-0.4, -0.2) is 61.1 Å². The lowest BCUT2D eigenvalue weighted by Gasteiger charge is -2.27. The van der Waals surface area contributed by atoms with Crippen molar-refractivity contribution in [3.63, 3.8) is 0 Å². The number of pyridine rings is 1. The van der Waals surface area contributed by atoms with Gasteiger partial charge in [0.1, 0.15) is 5.69 Å². The number of hydrogen-bond acceptors (Lipinski definition) is 7. The Labute approximate surface area is 155 Å². The van der Waals surface area contributed by atoms with E-state index in [9.17, 15) is 0 Å². The molecule has 9 heteroatoms. The van der Waals surface area contributed by atoms with Crippen molar-refractivity contribution < 1.29 is 0 Å². The van der Waals surface area contributed by atoms with Crippen molar-refractivity contribution in [2.75, 3.05) is 31.1 Å². The fraction of sp³-hybridized carbons (Fsp3) is 0.278. The molecule has 0 aromatic carbocycles. The van der Waals surface area contributed by atoms with E-state index in [1.165, 1.54) is 0 Å². The van der Waals surface area contributed by atoms with Gasteiger partial charge in [-0.3, -0.25) is 14.8 Å². The standard InChI is InChI=1S/C18H19N9/c1-26-11-12(9-22-26)15-8-13-16(10-21-15)24-25-17(13)14-2-3-20-18(23-14)27-6-4-19-5-7-27/h2-3,8-11,19H,4-7H2,1H3,(H,24,25). The van der Waals surface area contributed by atoms with Crippen LogP contribution < -0.4 is 10.2 Å². The van der Waals surface area contributed by atoms with Crippen LogP contribution in [-0.2, 0) is 7.05 Å². The van der Waals surface area contributed by atoms with Crippen LogP contribution in [0.25, 0.3) is 33.5 Å². The fourth-order valence-corrected chi connectivity index (χ4v) is 3.32. The summed E-state index contributed by atoms with van der Waals surface area (Å²) in [5.41, 5.74) is 4.30. The summed E-state index contributed by atoms with van der Waals surface area (Å²) in [6.45, 7) is 3.69. The van der Waals surface area contributed by atoms with E-state index in [0.717, 1.165) is 65.7 Å². The number of aromatic amines is 1. The van der Waals surface area contributed by atoms with Gasteiger partial charge in [-0.2, -0.15) is 10.2 Å². The number of piperazine rings is 1. The SMILES string of the molecule is Cn1cc(-c2cc3c(-c4ccnc(N5CCNCC5)n4)n[nH]c3cn2)cn1. The Morgan fingerprint density at radius 3 is 2.78 bits per heavy atom. The molecule has 4 aromatic rings. The Morgan fingerprint density at radius 1 is 1.07 bits per heavy atom. The Kier molecular flexibility index (Phi) is 3.79. The maximum Gasteiger partial charge on any atom is 0.225 e. The number of H-pyrrole nitrogens is 1. The molecule has 1 aliphatic heterocycles. The van der Waals surface area contributed by atoms with Gasteiger partial charge >= 0.3 is 0 Å². The second kappa shape index (κ2) is 6.44. The largest absolute Gasteiger partial charge is 0.338 e. The second-order valence-electron chi connectivity index (χ2n) is 6.57. The van der Waals surface area contributed by atoms with Gasteiger partial charge in [0, 0.05) is 56.6 Å². The Hall–Kier alpha value is -3.33. The highest BCUT2D eigenvalue weighted by molar-refractivity contribution is 5.93. The van der Waals surface area contributed by atoms with Crippen LogP contribution in [0.4, 0.5) is 5.95 Å². The average Bonchev–Trinajstić information content (AvgIpc) is 3.34. The van der Waals surface area contributed by atoms with E-state index in [1.54, 1.807) is 23.3 Å². The number of aryl methyl sites for hydroxylation is 1. The molecule has 0 aliphatic carbocycles. The molecular weight excluding hydrogens is 342 g/mol. The summed E-state index contributed by atoms with van der Waals surface area (Å²) in [7, 11) is 1.89. The minimum Gasteiger partial charge on any atom is -0.338 e. The highest BCUT2D eigenvalue weighted by Crippen LogP contribution is 2.28. The van der Waals surface area contributed by atoms with E-state index in [1.807, 2.05) is 25.4 Å². The number of fused-ring (bicyclic) bond motifs is 1. The van der Waals surface area contributed by atoms with E-state index in [0.29, 0.717) is 0 Å². The minimum absolute atomic E-state index is 0.742. The van der Waals surface area contributed by atoms with Crippen molar-refractivity contribution in [3.05, 3.63) is 36.9 Å². The minimum atomic E-state index is 0.742. The highest BCUT2D eigenvalue weighted by atomic mass is 15.3. The molecule has 4 aromatic heterocycles. The van der Waals surface area contributed by atoms with E-state index in [2.05, 4.69) is 35.5 Å². The smallest absolute Gasteiger partial charge is 0.225 e. The third-order valence-electron chi connectivity index (χ3n) is 4.73. The van der Waals surface area contributed by atoms with Crippen molar-refractivity contribution >= 4 is 16.9 Å². The van der Waals surface area contributed by atoms with Gasteiger partial charge < -0.3 is 10.2 Å². The Bertz CT molecular complexity index is 1090. The van der Waals surface area contributed by atoms with Crippen LogP contribution in [0.3, 0.4) is 0 Å². The number of hydrogen-bond donors (Lipinski definition) is 2. The summed E-state index contributed by atoms with van der Waals surface area (Å²) in [6, 6.07) is 3.92. The van der Waals surface area contributed by atoms with Crippen LogP contribution in [0.5, 0.6) is 0 Å². The molecule has 0 amide bonds. The molecule has 2 N–H and O–H groups in total. The summed E-state index contributed by atoms with van der Waals surface area (Å²) < 4.78 is 1.77. The van der Waals surface area contributed by atoms with Crippen LogP contribution in [0.2, 0.25) is 0 Å². The van der Waals surface area contributed by atoms with Crippen molar-refractivity contribution in [2.24, 2.45) is 7.05 Å². The Morgan fingerprint density at radius 2 is 1.96 bits per heavy atom. The molecular formula is C18H19N9. The van der Waals surface area contributed by atoms with Gasteiger partial charge in [-0.1, -0.05) is 0 Å². The molecule has 0 unspecified atom stereocenters. The lowest BCUT2D eigenvalue weighted by Crippen LogP contribution is -2.44. The van der Waals surface area contributed by atoms with E-state index in [-0.39, 0.29) is 0 Å². The summed E-state index contributed by atoms with van der Waals surface area (Å²) in [4.78, 5) is 15.9. The maximum absolute atomic E-state index is 4.76. The number of anilines is 1. The van der Waals surface area contributed by atoms with E-state index in [4.69, 9.17) is 4.98 Å². The first-order valence-corrected chi connectivity index (χ1v) is 8.90. The quantitative estimate of drug-likeness (QED) is 0.566. The molecule has 5 rings (SSSR count). The van der Waals surface area contributed by atoms with Gasteiger partial charge in [-0.05, 0) is 12.1 Å². The first-order chi connectivity index (χ1) is 13.3. The number of rotatable bonds is 3. The average molecular weight is 361 g/mol. The molecule has 5 heterocycles. The van der Waals surface area contributed by atoms with Gasteiger partial charge in [0.2, 0.25) is 5.95 Å². The van der Waals surface area contributed by atoms with Crippen LogP contribution in [0.1, 0.15) is 0 Å². The molecule has 1 saturated heterocycles. The zero-order valence-corrected chi connectivity index (χ0v) is 14.9. The summed E-state index contributed by atoms with van der Waals surface area (Å²) in [5, 5.41) is 16.1. The summed E-state index contributed by atoms with van der Waals surface area (Å²) in [6.07, 6.45) is 7.35. The molecule has 27 heavy (non-hydrogen) atoms. The number of nitrogens with one attached hydrogen (secondary N) is 2. The molecule has 0 spiro atoms. The zero-order valence-electron chi connectivity index (χ0n) is 14.9. The molecule has 1 aliphatic rings. The molecule has 0 atom stereocenters. The van der Waals surface area contributed by atoms with E-state index < -0.39 is 0 Å². The lowest BCUT2D eigenvalue weighted by atomic mass is 10.1. The molecule has 136 valence electrons. The van der Waals surface area contributed by atoms with Crippen LogP contribution in [0, 0.1) is 0 Å². The van der Waals surface area contributed by atoms with Crippen LogP contribution in [0.15, 0.2) is 36.9 Å². The summed E-state index contributed by atoms with van der Waals surface area (Å²) >= 11 is 0. The molecule has 1 fully saturated rings. The first-order valence-electron chi connectivity index (χ1n) is 8.90. The Balaban J connectivity index is 1.56. The van der Waals surface area contributed by atoms with Crippen molar-refractivity contribution in [2.45, 2.75) is 0 Å². The topological polar surface area (TPSA) is 100 Å². The lowest BCUT2D eigenvalue weighted by molar-refractivity contribution is 0.580. The second-order valence-corrected chi connectivity index (χ2v) is 6.57. The zero-order chi connectivity index (χ0) is 18.2. The van der Waals surface area contributed by atoms with E-state index >= 15 is 0 Å². The number of aromatic nitrogens is 7. The van der Waals surface area contributed by atoms with Crippen LogP contribution >= 0.6 is 0 Å². The number of nitrogens with zero attached hydrogens (tertiary/aromatic N) is 7. The first kappa shape index (κ1) is 15.9. The highest BCUT2D eigenvalue weighted by Gasteiger charge is 2.16. The van der Waals surface area contributed by atoms with Crippen molar-refractivity contribution in [1.29, 1.82) is 0 Å². The van der Waals surface area contributed by atoms with Gasteiger partial charge in [0.25, 0.3) is 0 Å². The van der Waals surface area contributed by atoms with Gasteiger partial charge in [0.05, 0.1) is 29.3 Å². The molecule has 0 bridgehead atoms. The van der Waals surface area contributed by atoms with Gasteiger partial charge in [-0.25, -0.2) is 9.97 Å². The summed E-state index contributed by atoms with van der Waals surface area (Å²) in [5.74, 6) is 0.742. The maximum atomic E-state index is 4.76. The predicted molar refractivity (Wildman–Crippen MR) is 102 cm³/mol. The third kappa shape index (κ3) is 2.91.